The number of hydrogen-bond acceptors (Lipinski definition) is 3. The molecule has 1 atom stereocenters. The van der Waals surface area contributed by atoms with Gasteiger partial charge in [0.15, 0.2) is 11.6 Å². The third-order valence-electron chi connectivity index (χ3n) is 5.00. The molecule has 29 heavy (non-hydrogen) atoms. The van der Waals surface area contributed by atoms with Gasteiger partial charge in [0.2, 0.25) is 0 Å². The molecule has 0 saturated carbocycles. The van der Waals surface area contributed by atoms with Crippen LogP contribution in [0.3, 0.4) is 0 Å². The van der Waals surface area contributed by atoms with Gasteiger partial charge in [0.05, 0.1) is 0 Å². The predicted octanol–water partition coefficient (Wildman–Crippen LogP) is 6.78. The molecule has 0 N–H and O–H groups in total. The third-order valence-corrected chi connectivity index (χ3v) is 5.00. The summed E-state index contributed by atoms with van der Waals surface area (Å²) in [5.41, 5.74) is 0.100. The van der Waals surface area contributed by atoms with Gasteiger partial charge in [-0.15, -0.1) is 0 Å². The van der Waals surface area contributed by atoms with Crippen LogP contribution in [-0.4, -0.2) is 25.8 Å². The normalized spacial score (nSPS) is 13.1. The molecule has 6 heteroatoms. The molecule has 1 rings (SSSR count). The maximum Gasteiger partial charge on any atom is 0.286 e. The summed E-state index contributed by atoms with van der Waals surface area (Å²) < 4.78 is 59.1. The lowest BCUT2D eigenvalue weighted by Crippen LogP contribution is -2.47. The second kappa shape index (κ2) is 14.0. The van der Waals surface area contributed by atoms with Crippen LogP contribution in [0.4, 0.5) is 13.2 Å². The summed E-state index contributed by atoms with van der Waals surface area (Å²) in [6.07, 6.45) is 7.45. The highest BCUT2D eigenvalue weighted by molar-refractivity contribution is 5.21. The monoisotopic (exact) mass is 418 g/mol. The summed E-state index contributed by atoms with van der Waals surface area (Å²) in [6, 6.07) is 1.52. The second-order valence-electron chi connectivity index (χ2n) is 7.22. The molecule has 0 aliphatic carbocycles. The van der Waals surface area contributed by atoms with Crippen molar-refractivity contribution in [2.45, 2.75) is 85.0 Å². The fourth-order valence-corrected chi connectivity index (χ4v) is 3.64. The van der Waals surface area contributed by atoms with E-state index in [1.165, 1.54) is 19.3 Å². The number of unbranched alkanes of at least 4 members (excludes halogenated alkanes) is 5. The van der Waals surface area contributed by atoms with Crippen molar-refractivity contribution in [2.24, 2.45) is 5.92 Å². The van der Waals surface area contributed by atoms with Crippen molar-refractivity contribution < 1.29 is 27.4 Å². The summed E-state index contributed by atoms with van der Waals surface area (Å²) in [5.74, 6) is -4.71. The Morgan fingerprint density at radius 3 is 1.79 bits per heavy atom. The van der Waals surface area contributed by atoms with Gasteiger partial charge in [-0.05, 0) is 45.2 Å². The van der Waals surface area contributed by atoms with Crippen molar-refractivity contribution in [2.75, 3.05) is 19.8 Å². The predicted molar refractivity (Wildman–Crippen MR) is 109 cm³/mol. The van der Waals surface area contributed by atoms with Crippen LogP contribution in [0.25, 0.3) is 0 Å². The molecule has 0 aliphatic heterocycles. The summed E-state index contributed by atoms with van der Waals surface area (Å²) >= 11 is 0. The molecule has 0 saturated heterocycles. The molecule has 0 aliphatic rings. The van der Waals surface area contributed by atoms with Crippen molar-refractivity contribution in [1.29, 1.82) is 0 Å². The largest absolute Gasteiger partial charge is 0.328 e. The summed E-state index contributed by atoms with van der Waals surface area (Å²) in [5, 5.41) is 0. The lowest BCUT2D eigenvalue weighted by molar-refractivity contribution is -0.402. The number of halogens is 3. The molecule has 0 spiro atoms. The highest BCUT2D eigenvalue weighted by Gasteiger charge is 2.42. The minimum absolute atomic E-state index is 0.100. The summed E-state index contributed by atoms with van der Waals surface area (Å²) in [4.78, 5) is 0. The Morgan fingerprint density at radius 1 is 0.724 bits per heavy atom. The molecule has 1 aromatic carbocycles. The van der Waals surface area contributed by atoms with Gasteiger partial charge in [-0.3, -0.25) is 0 Å². The van der Waals surface area contributed by atoms with Gasteiger partial charge >= 0.3 is 0 Å². The summed E-state index contributed by atoms with van der Waals surface area (Å²) in [6.45, 7) is 8.76. The number of hydrogen-bond donors (Lipinski definition) is 0. The highest BCUT2D eigenvalue weighted by atomic mass is 19.2. The van der Waals surface area contributed by atoms with E-state index in [1.54, 1.807) is 0 Å². The van der Waals surface area contributed by atoms with Crippen LogP contribution >= 0.6 is 0 Å². The fourth-order valence-electron chi connectivity index (χ4n) is 3.64. The van der Waals surface area contributed by atoms with E-state index in [0.717, 1.165) is 25.3 Å². The lowest BCUT2D eigenvalue weighted by atomic mass is 9.90. The molecule has 0 aromatic heterocycles. The van der Waals surface area contributed by atoms with Gasteiger partial charge in [-0.2, -0.15) is 0 Å². The topological polar surface area (TPSA) is 27.7 Å². The fraction of sp³-hybridized carbons (Fsp3) is 0.739. The highest BCUT2D eigenvalue weighted by Crippen LogP contribution is 2.34. The molecule has 3 nitrogen and oxygen atoms in total. The van der Waals surface area contributed by atoms with Crippen molar-refractivity contribution in [1.82, 2.24) is 0 Å². The Bertz CT molecular complexity index is 564. The van der Waals surface area contributed by atoms with Gasteiger partial charge in [0.25, 0.3) is 5.97 Å². The average Bonchev–Trinajstić information content (AvgIpc) is 2.68. The van der Waals surface area contributed by atoms with Gasteiger partial charge in [0.1, 0.15) is 5.82 Å². The third kappa shape index (κ3) is 8.27. The zero-order valence-corrected chi connectivity index (χ0v) is 18.4. The van der Waals surface area contributed by atoms with Gasteiger partial charge in [0, 0.05) is 31.8 Å². The zero-order valence-electron chi connectivity index (χ0n) is 18.4. The minimum atomic E-state index is -1.33. The Kier molecular flexibility index (Phi) is 12.5. The van der Waals surface area contributed by atoms with Gasteiger partial charge in [-0.25, -0.2) is 13.2 Å². The maximum absolute atomic E-state index is 14.3. The smallest absolute Gasteiger partial charge is 0.286 e. The molecule has 1 aromatic rings. The average molecular weight is 419 g/mol. The number of ether oxygens (including phenoxy) is 3. The van der Waals surface area contributed by atoms with Crippen LogP contribution in [0.1, 0.15) is 78.2 Å². The van der Waals surface area contributed by atoms with Crippen molar-refractivity contribution in [3.63, 3.8) is 0 Å². The SMILES string of the molecule is CCCCCCCCC(Cc1cc(F)c(F)cc1F)C(OCC)(OCC)OCC. The number of rotatable bonds is 16. The molecule has 0 radical (unpaired) electrons. The standard InChI is InChI=1S/C23H37F3O3/c1-5-9-10-11-12-13-14-19(23(27-6-2,28-7-3)29-8-4)15-18-16-21(25)22(26)17-20(18)24/h16-17,19H,5-15H2,1-4H3. The van der Waals surface area contributed by atoms with Crippen LogP contribution in [0.2, 0.25) is 0 Å². The quantitative estimate of drug-likeness (QED) is 0.168. The molecule has 0 fully saturated rings. The van der Waals surface area contributed by atoms with Gasteiger partial charge < -0.3 is 14.2 Å². The lowest BCUT2D eigenvalue weighted by Gasteiger charge is -2.39. The molecule has 168 valence electrons. The first-order chi connectivity index (χ1) is 13.9. The van der Waals surface area contributed by atoms with E-state index < -0.39 is 23.4 Å². The van der Waals surface area contributed by atoms with Gasteiger partial charge in [-0.1, -0.05) is 45.4 Å². The van der Waals surface area contributed by atoms with Crippen LogP contribution in [0, 0.1) is 23.4 Å². The van der Waals surface area contributed by atoms with Crippen molar-refractivity contribution >= 4 is 0 Å². The van der Waals surface area contributed by atoms with Crippen LogP contribution in [0.15, 0.2) is 12.1 Å². The van der Waals surface area contributed by atoms with E-state index in [0.29, 0.717) is 32.3 Å². The first kappa shape index (κ1) is 25.9. The van der Waals surface area contributed by atoms with Crippen molar-refractivity contribution in [3.8, 4) is 0 Å². The molecule has 0 heterocycles. The first-order valence-electron chi connectivity index (χ1n) is 11.0. The van der Waals surface area contributed by atoms with Crippen LogP contribution < -0.4 is 0 Å². The van der Waals surface area contributed by atoms with E-state index in [4.69, 9.17) is 14.2 Å². The molecular formula is C23H37F3O3. The number of benzene rings is 1. The van der Waals surface area contributed by atoms with E-state index in [1.807, 2.05) is 20.8 Å². The Morgan fingerprint density at radius 2 is 1.24 bits per heavy atom. The van der Waals surface area contributed by atoms with Crippen LogP contribution in [-0.2, 0) is 20.6 Å². The minimum Gasteiger partial charge on any atom is -0.328 e. The second-order valence-corrected chi connectivity index (χ2v) is 7.22. The maximum atomic E-state index is 14.3. The summed E-state index contributed by atoms with van der Waals surface area (Å²) in [7, 11) is 0. The molecular weight excluding hydrogens is 381 g/mol. The van der Waals surface area contributed by atoms with E-state index >= 15 is 0 Å². The Balaban J connectivity index is 3.06. The molecule has 1 unspecified atom stereocenters. The Hall–Kier alpha value is -1.11. The van der Waals surface area contributed by atoms with E-state index in [-0.39, 0.29) is 17.9 Å². The first-order valence-corrected chi connectivity index (χ1v) is 11.0. The zero-order chi connectivity index (χ0) is 21.7. The van der Waals surface area contributed by atoms with E-state index in [2.05, 4.69) is 6.92 Å². The van der Waals surface area contributed by atoms with Crippen molar-refractivity contribution in [3.05, 3.63) is 35.1 Å². The Labute approximate surface area is 173 Å². The van der Waals surface area contributed by atoms with E-state index in [9.17, 15) is 13.2 Å². The molecule has 0 amide bonds. The molecule has 0 bridgehead atoms. The van der Waals surface area contributed by atoms with Crippen LogP contribution in [0.5, 0.6) is 0 Å².